The van der Waals surface area contributed by atoms with E-state index in [1.165, 1.54) is 0 Å². The number of aliphatic carboxylic acids is 1. The fourth-order valence-electron chi connectivity index (χ4n) is 1.37. The molecule has 0 aliphatic rings. The first-order chi connectivity index (χ1) is 8.45. The Morgan fingerprint density at radius 3 is 2.44 bits per heavy atom. The van der Waals surface area contributed by atoms with Crippen molar-refractivity contribution in [3.63, 3.8) is 0 Å². The number of carbonyl (C=O) groups excluding carboxylic acids is 1. The van der Waals surface area contributed by atoms with Gasteiger partial charge in [0.2, 0.25) is 0 Å². The number of carboxylic acid groups (broad SMARTS) is 1. The Balaban J connectivity index is 3.64. The molecule has 0 aliphatic carbocycles. The van der Waals surface area contributed by atoms with Crippen LogP contribution in [-0.2, 0) is 9.53 Å². The number of nitrogens with one attached hydrogen (secondary N) is 2. The zero-order chi connectivity index (χ0) is 14.0. The summed E-state index contributed by atoms with van der Waals surface area (Å²) < 4.78 is 5.27. The Bertz CT molecular complexity index is 256. The Kier molecular flexibility index (Phi) is 9.00. The van der Waals surface area contributed by atoms with Crippen molar-refractivity contribution in [2.75, 3.05) is 19.7 Å². The minimum absolute atomic E-state index is 0.0276. The third kappa shape index (κ3) is 9.89. The fraction of sp³-hybridized carbons (Fsp3) is 0.833. The normalized spacial score (nSPS) is 12.2. The summed E-state index contributed by atoms with van der Waals surface area (Å²) in [6, 6.07) is -0.286. The molecule has 6 nitrogen and oxygen atoms in total. The molecule has 0 aliphatic heterocycles. The van der Waals surface area contributed by atoms with Crippen LogP contribution in [0, 0.1) is 5.92 Å². The molecule has 0 radical (unpaired) electrons. The van der Waals surface area contributed by atoms with Gasteiger partial charge in [0, 0.05) is 19.5 Å². The van der Waals surface area contributed by atoms with Crippen LogP contribution in [0.2, 0.25) is 0 Å². The molecular formula is C12H24N2O4. The zero-order valence-electron chi connectivity index (χ0n) is 11.4. The smallest absolute Gasteiger partial charge is 0.314 e. The van der Waals surface area contributed by atoms with Gasteiger partial charge in [-0.05, 0) is 19.8 Å². The second-order valence-electron chi connectivity index (χ2n) is 4.43. The average Bonchev–Trinajstić information content (AvgIpc) is 2.29. The topological polar surface area (TPSA) is 87.7 Å². The molecular weight excluding hydrogens is 236 g/mol. The molecule has 0 spiro atoms. The molecule has 1 unspecified atom stereocenters. The van der Waals surface area contributed by atoms with Crippen LogP contribution in [-0.4, -0.2) is 42.9 Å². The highest BCUT2D eigenvalue weighted by Crippen LogP contribution is 2.06. The molecule has 106 valence electrons. The summed E-state index contributed by atoms with van der Waals surface area (Å²) in [4.78, 5) is 21.9. The van der Waals surface area contributed by atoms with Crippen molar-refractivity contribution in [3.8, 4) is 0 Å². The van der Waals surface area contributed by atoms with E-state index in [0.717, 1.165) is 6.42 Å². The SMILES string of the molecule is CCC(CNC(=O)NCCOC(C)C)CC(=O)O. The van der Waals surface area contributed by atoms with E-state index >= 15 is 0 Å². The molecule has 0 heterocycles. The summed E-state index contributed by atoms with van der Waals surface area (Å²) in [5.41, 5.74) is 0. The summed E-state index contributed by atoms with van der Waals surface area (Å²) in [5, 5.41) is 14.0. The Hall–Kier alpha value is -1.30. The van der Waals surface area contributed by atoms with Crippen LogP contribution < -0.4 is 10.6 Å². The van der Waals surface area contributed by atoms with Crippen molar-refractivity contribution in [3.05, 3.63) is 0 Å². The lowest BCUT2D eigenvalue weighted by molar-refractivity contribution is -0.138. The van der Waals surface area contributed by atoms with Crippen LogP contribution in [0.5, 0.6) is 0 Å². The Labute approximate surface area is 108 Å². The first-order valence-corrected chi connectivity index (χ1v) is 6.30. The molecule has 1 atom stereocenters. The van der Waals surface area contributed by atoms with E-state index in [9.17, 15) is 9.59 Å². The van der Waals surface area contributed by atoms with Crippen molar-refractivity contribution >= 4 is 12.0 Å². The quantitative estimate of drug-likeness (QED) is 0.544. The summed E-state index contributed by atoms with van der Waals surface area (Å²) in [7, 11) is 0. The molecule has 0 rings (SSSR count). The number of urea groups is 1. The van der Waals surface area contributed by atoms with Gasteiger partial charge in [-0.25, -0.2) is 4.79 Å². The van der Waals surface area contributed by atoms with Gasteiger partial charge in [-0.2, -0.15) is 0 Å². The van der Waals surface area contributed by atoms with E-state index < -0.39 is 5.97 Å². The van der Waals surface area contributed by atoms with E-state index in [1.807, 2.05) is 20.8 Å². The van der Waals surface area contributed by atoms with Crippen LogP contribution in [0.15, 0.2) is 0 Å². The van der Waals surface area contributed by atoms with Gasteiger partial charge in [-0.3, -0.25) is 4.79 Å². The second kappa shape index (κ2) is 9.70. The molecule has 0 aromatic heterocycles. The van der Waals surface area contributed by atoms with Gasteiger partial charge in [0.25, 0.3) is 0 Å². The summed E-state index contributed by atoms with van der Waals surface area (Å²) >= 11 is 0. The minimum atomic E-state index is -0.839. The van der Waals surface area contributed by atoms with Crippen LogP contribution >= 0.6 is 0 Å². The molecule has 0 fully saturated rings. The third-order valence-electron chi connectivity index (χ3n) is 2.43. The van der Waals surface area contributed by atoms with Gasteiger partial charge >= 0.3 is 12.0 Å². The number of carboxylic acids is 1. The van der Waals surface area contributed by atoms with Crippen molar-refractivity contribution in [2.45, 2.75) is 39.7 Å². The minimum Gasteiger partial charge on any atom is -0.481 e. The molecule has 6 heteroatoms. The number of carbonyl (C=O) groups is 2. The van der Waals surface area contributed by atoms with Gasteiger partial charge in [0.1, 0.15) is 0 Å². The van der Waals surface area contributed by atoms with Crippen molar-refractivity contribution in [1.82, 2.24) is 10.6 Å². The molecule has 2 amide bonds. The van der Waals surface area contributed by atoms with Crippen LogP contribution in [0.4, 0.5) is 4.79 Å². The van der Waals surface area contributed by atoms with E-state index in [2.05, 4.69) is 10.6 Å². The lowest BCUT2D eigenvalue weighted by atomic mass is 10.0. The molecule has 18 heavy (non-hydrogen) atoms. The number of ether oxygens (including phenoxy) is 1. The van der Waals surface area contributed by atoms with Gasteiger partial charge in [-0.15, -0.1) is 0 Å². The first-order valence-electron chi connectivity index (χ1n) is 6.30. The van der Waals surface area contributed by atoms with Crippen LogP contribution in [0.25, 0.3) is 0 Å². The predicted molar refractivity (Wildman–Crippen MR) is 68.5 cm³/mol. The van der Waals surface area contributed by atoms with Crippen molar-refractivity contribution < 1.29 is 19.4 Å². The molecule has 0 saturated carbocycles. The highest BCUT2D eigenvalue weighted by atomic mass is 16.5. The number of hydrogen-bond acceptors (Lipinski definition) is 3. The Morgan fingerprint density at radius 1 is 1.28 bits per heavy atom. The summed E-state index contributed by atoms with van der Waals surface area (Å²) in [5.74, 6) is -0.866. The second-order valence-corrected chi connectivity index (χ2v) is 4.43. The maximum absolute atomic E-state index is 11.4. The molecule has 3 N–H and O–H groups in total. The monoisotopic (exact) mass is 260 g/mol. The standard InChI is InChI=1S/C12H24N2O4/c1-4-10(7-11(15)16)8-14-12(17)13-5-6-18-9(2)3/h9-10H,4-8H2,1-3H3,(H,15,16)(H2,13,14,17). The Morgan fingerprint density at radius 2 is 1.94 bits per heavy atom. The van der Waals surface area contributed by atoms with Gasteiger partial charge in [0.15, 0.2) is 0 Å². The van der Waals surface area contributed by atoms with E-state index in [0.29, 0.717) is 19.7 Å². The van der Waals surface area contributed by atoms with E-state index in [1.54, 1.807) is 0 Å². The highest BCUT2D eigenvalue weighted by molar-refractivity contribution is 5.74. The third-order valence-corrected chi connectivity index (χ3v) is 2.43. The van der Waals surface area contributed by atoms with Crippen molar-refractivity contribution in [2.24, 2.45) is 5.92 Å². The van der Waals surface area contributed by atoms with E-state index in [4.69, 9.17) is 9.84 Å². The van der Waals surface area contributed by atoms with Crippen LogP contribution in [0.1, 0.15) is 33.6 Å². The van der Waals surface area contributed by atoms with Gasteiger partial charge in [-0.1, -0.05) is 13.3 Å². The fourth-order valence-corrected chi connectivity index (χ4v) is 1.37. The lowest BCUT2D eigenvalue weighted by Gasteiger charge is -2.14. The van der Waals surface area contributed by atoms with E-state index in [-0.39, 0.29) is 24.5 Å². The number of amides is 2. The molecule has 0 saturated heterocycles. The lowest BCUT2D eigenvalue weighted by Crippen LogP contribution is -2.40. The van der Waals surface area contributed by atoms with Crippen molar-refractivity contribution in [1.29, 1.82) is 0 Å². The van der Waals surface area contributed by atoms with Crippen LogP contribution in [0.3, 0.4) is 0 Å². The maximum atomic E-state index is 11.4. The summed E-state index contributed by atoms with van der Waals surface area (Å²) in [6.07, 6.45) is 0.950. The average molecular weight is 260 g/mol. The maximum Gasteiger partial charge on any atom is 0.314 e. The molecule has 0 aromatic rings. The highest BCUT2D eigenvalue weighted by Gasteiger charge is 2.12. The predicted octanol–water partition coefficient (Wildman–Crippen LogP) is 1.21. The summed E-state index contributed by atoms with van der Waals surface area (Å²) in [6.45, 7) is 7.05. The molecule has 0 aromatic carbocycles. The van der Waals surface area contributed by atoms with Gasteiger partial charge in [0.05, 0.1) is 12.7 Å². The van der Waals surface area contributed by atoms with Gasteiger partial charge < -0.3 is 20.5 Å². The first kappa shape index (κ1) is 16.7. The number of hydrogen-bond donors (Lipinski definition) is 3. The number of rotatable bonds is 9. The largest absolute Gasteiger partial charge is 0.481 e. The molecule has 0 bridgehead atoms. The zero-order valence-corrected chi connectivity index (χ0v) is 11.4.